The van der Waals surface area contributed by atoms with Gasteiger partial charge in [-0.3, -0.25) is 9.59 Å². The van der Waals surface area contributed by atoms with E-state index in [1.807, 2.05) is 68.0 Å². The molecule has 0 aliphatic carbocycles. The van der Waals surface area contributed by atoms with E-state index in [0.29, 0.717) is 141 Å². The van der Waals surface area contributed by atoms with Gasteiger partial charge in [-0.1, -0.05) is 11.8 Å². The molecule has 0 aliphatic rings. The maximum atomic E-state index is 12.2. The summed E-state index contributed by atoms with van der Waals surface area (Å²) in [5.74, 6) is 2.44. The first kappa shape index (κ1) is 56.0. The molecule has 20 nitrogen and oxygen atoms in total. The highest BCUT2D eigenvalue weighted by Crippen LogP contribution is 2.24. The molecule has 1 heterocycles. The third-order valence-electron chi connectivity index (χ3n) is 8.44. The number of hydrogen-bond donors (Lipinski definition) is 2. The molecule has 2 aromatic carbocycles. The molecular formula is C44H66N6O14S2. The van der Waals surface area contributed by atoms with Gasteiger partial charge in [0, 0.05) is 43.3 Å². The number of carbonyl (C=O) groups excluding carboxylic acids is 2. The third-order valence-corrected chi connectivity index (χ3v) is 9.31. The summed E-state index contributed by atoms with van der Waals surface area (Å²) in [4.78, 5) is 24.4. The van der Waals surface area contributed by atoms with Crippen LogP contribution in [0.1, 0.15) is 25.3 Å². The summed E-state index contributed by atoms with van der Waals surface area (Å²) in [6, 6.07) is 14.5. The molecule has 0 saturated carbocycles. The van der Waals surface area contributed by atoms with Gasteiger partial charge in [0.25, 0.3) is 5.22 Å². The number of amides is 2. The highest BCUT2D eigenvalue weighted by molar-refractivity contribution is 7.98. The number of benzene rings is 2. The molecule has 1 atom stereocenters. The fraction of sp³-hybridized carbons (Fsp3) is 0.591. The van der Waals surface area contributed by atoms with Gasteiger partial charge in [0.15, 0.2) is 0 Å². The van der Waals surface area contributed by atoms with Crippen LogP contribution in [-0.2, 0) is 52.2 Å². The molecule has 0 fully saturated rings. The maximum Gasteiger partial charge on any atom is 0.276 e. The van der Waals surface area contributed by atoms with Gasteiger partial charge in [-0.05, 0) is 68.0 Å². The van der Waals surface area contributed by atoms with Crippen molar-refractivity contribution in [2.45, 2.75) is 31.0 Å². The lowest BCUT2D eigenvalue weighted by molar-refractivity contribution is -0.124. The molecule has 1 aromatic heterocycles. The summed E-state index contributed by atoms with van der Waals surface area (Å²) in [6.07, 6.45) is 4.22. The molecule has 0 bridgehead atoms. The van der Waals surface area contributed by atoms with Crippen molar-refractivity contribution in [2.75, 3.05) is 144 Å². The van der Waals surface area contributed by atoms with Gasteiger partial charge in [-0.15, -0.1) is 27.1 Å². The molecule has 0 spiro atoms. The van der Waals surface area contributed by atoms with Crippen LogP contribution in [0.4, 0.5) is 0 Å². The van der Waals surface area contributed by atoms with Crippen LogP contribution in [0.25, 0.3) is 11.5 Å². The van der Waals surface area contributed by atoms with E-state index in [4.69, 9.17) is 56.5 Å². The van der Waals surface area contributed by atoms with E-state index < -0.39 is 0 Å². The Hall–Kier alpha value is -4.36. The quantitative estimate of drug-likeness (QED) is 0.0204. The van der Waals surface area contributed by atoms with Crippen molar-refractivity contribution in [1.29, 1.82) is 0 Å². The zero-order chi connectivity index (χ0) is 47.1. The van der Waals surface area contributed by atoms with Crippen LogP contribution in [0.3, 0.4) is 0 Å². The molecule has 0 aliphatic heterocycles. The van der Waals surface area contributed by atoms with Crippen molar-refractivity contribution in [2.24, 2.45) is 10.2 Å². The van der Waals surface area contributed by atoms with E-state index in [-0.39, 0.29) is 43.9 Å². The van der Waals surface area contributed by atoms with E-state index >= 15 is 0 Å². The summed E-state index contributed by atoms with van der Waals surface area (Å²) in [6.45, 7) is 12.6. The van der Waals surface area contributed by atoms with Crippen LogP contribution in [0.15, 0.2) is 68.4 Å². The molecule has 2 N–H and O–H groups in total. The predicted octanol–water partition coefficient (Wildman–Crippen LogP) is 4.15. The number of ether oxygens (including phenoxy) is 11. The lowest BCUT2D eigenvalue weighted by Crippen LogP contribution is -2.42. The lowest BCUT2D eigenvalue weighted by atomic mass is 10.2. The Morgan fingerprint density at radius 3 is 1.55 bits per heavy atom. The maximum absolute atomic E-state index is 12.2. The number of carbonyl (C=O) groups is 2. The number of nitrogens with one attached hydrogen (secondary N) is 2. The van der Waals surface area contributed by atoms with Crippen molar-refractivity contribution in [3.63, 3.8) is 0 Å². The molecule has 3 aromatic rings. The average molecular weight is 967 g/mol. The Balaban J connectivity index is 0.993. The monoisotopic (exact) mass is 966 g/mol. The van der Waals surface area contributed by atoms with E-state index in [1.54, 1.807) is 0 Å². The minimum absolute atomic E-state index is 0.163. The highest BCUT2D eigenvalue weighted by atomic mass is 32.2. The largest absolute Gasteiger partial charge is 0.491 e. The van der Waals surface area contributed by atoms with Gasteiger partial charge in [-0.2, -0.15) is 5.10 Å². The van der Waals surface area contributed by atoms with Gasteiger partial charge in [0.2, 0.25) is 23.6 Å². The minimum Gasteiger partial charge on any atom is -0.491 e. The van der Waals surface area contributed by atoms with Gasteiger partial charge in [-0.25, -0.2) is 0 Å². The molecule has 368 valence electrons. The summed E-state index contributed by atoms with van der Waals surface area (Å²) in [7, 11) is 0. The van der Waals surface area contributed by atoms with Gasteiger partial charge >= 0.3 is 0 Å². The topological polar surface area (TPSA) is 223 Å². The lowest BCUT2D eigenvalue weighted by Gasteiger charge is -2.15. The van der Waals surface area contributed by atoms with E-state index in [0.717, 1.165) is 16.9 Å². The normalized spacial score (nSPS) is 11.9. The zero-order valence-electron chi connectivity index (χ0n) is 38.3. The SMILES string of the molecule is C=N/N=C(\OCSC)c1ccc(OCCOCCOCCOCCOCCC(=O)NCC(C)NC(=O)CCOCCOCCOCCOCCOc2ccc(-c3nnc(SC)o3)cc2)cc1. The Morgan fingerprint density at radius 1 is 0.636 bits per heavy atom. The van der Waals surface area contributed by atoms with Crippen LogP contribution >= 0.6 is 23.5 Å². The number of hydrogen-bond acceptors (Lipinski definition) is 20. The van der Waals surface area contributed by atoms with E-state index in [1.165, 1.54) is 23.5 Å². The number of aromatic nitrogens is 2. The molecular weight excluding hydrogens is 901 g/mol. The molecule has 0 radical (unpaired) electrons. The van der Waals surface area contributed by atoms with Gasteiger partial charge in [0.1, 0.15) is 30.7 Å². The fourth-order valence-corrected chi connectivity index (χ4v) is 5.70. The first-order valence-electron chi connectivity index (χ1n) is 21.6. The molecule has 22 heteroatoms. The zero-order valence-corrected chi connectivity index (χ0v) is 39.9. The molecule has 1 unspecified atom stereocenters. The Kier molecular flexibility index (Phi) is 32.0. The van der Waals surface area contributed by atoms with E-state index in [2.05, 4.69) is 37.8 Å². The second-order valence-corrected chi connectivity index (χ2v) is 15.2. The Labute approximate surface area is 395 Å². The van der Waals surface area contributed by atoms with Crippen LogP contribution in [-0.4, -0.2) is 185 Å². The predicted molar refractivity (Wildman–Crippen MR) is 251 cm³/mol. The molecule has 66 heavy (non-hydrogen) atoms. The summed E-state index contributed by atoms with van der Waals surface area (Å²) >= 11 is 2.93. The van der Waals surface area contributed by atoms with Crippen LogP contribution in [0, 0.1) is 0 Å². The Morgan fingerprint density at radius 2 is 1.09 bits per heavy atom. The van der Waals surface area contributed by atoms with Crippen LogP contribution in [0.2, 0.25) is 0 Å². The van der Waals surface area contributed by atoms with Crippen molar-refractivity contribution < 1.29 is 66.1 Å². The number of nitrogens with zero attached hydrogens (tertiary/aromatic N) is 4. The highest BCUT2D eigenvalue weighted by Gasteiger charge is 2.11. The van der Waals surface area contributed by atoms with Crippen LogP contribution in [0.5, 0.6) is 11.5 Å². The second kappa shape index (κ2) is 37.7. The van der Waals surface area contributed by atoms with Crippen molar-refractivity contribution in [3.8, 4) is 23.0 Å². The van der Waals surface area contributed by atoms with Gasteiger partial charge in [0.05, 0.1) is 106 Å². The number of thioether (sulfide) groups is 2. The Bertz CT molecular complexity index is 1740. The molecule has 3 rings (SSSR count). The standard InChI is InChI=1S/C44H66N6O14S2/c1-35(47-41(52)14-16-54-18-20-56-22-24-58-26-28-60-30-32-62-39-11-7-37(8-12-39)43-49-50-44(64-43)66-4)33-46-40(51)13-15-53-17-19-55-21-23-57-25-27-59-29-31-61-38-9-5-36(6-10-38)42(48-45-2)63-34-65-3/h5-12,35H,2,13-34H2,1,3-4H3,(H,46,51)(H,47,52)/b48-42-. The number of rotatable bonds is 41. The average Bonchev–Trinajstić information content (AvgIpc) is 3.82. The summed E-state index contributed by atoms with van der Waals surface area (Å²) in [5.41, 5.74) is 1.61. The molecule has 0 saturated heterocycles. The third kappa shape index (κ3) is 27.3. The second-order valence-electron chi connectivity index (χ2n) is 13.6. The first-order valence-corrected chi connectivity index (χ1v) is 24.2. The van der Waals surface area contributed by atoms with Gasteiger partial charge < -0.3 is 67.2 Å². The summed E-state index contributed by atoms with van der Waals surface area (Å²) in [5, 5.41) is 21.6. The van der Waals surface area contributed by atoms with Crippen molar-refractivity contribution in [1.82, 2.24) is 20.8 Å². The molecule has 2 amide bonds. The smallest absolute Gasteiger partial charge is 0.276 e. The summed E-state index contributed by atoms with van der Waals surface area (Å²) < 4.78 is 66.6. The van der Waals surface area contributed by atoms with Crippen molar-refractivity contribution >= 4 is 48.0 Å². The van der Waals surface area contributed by atoms with E-state index in [9.17, 15) is 9.59 Å². The van der Waals surface area contributed by atoms with Crippen molar-refractivity contribution in [3.05, 3.63) is 54.1 Å². The fourth-order valence-electron chi connectivity index (χ4n) is 5.19. The van der Waals surface area contributed by atoms with Crippen LogP contribution < -0.4 is 20.1 Å². The first-order chi connectivity index (χ1) is 32.4. The minimum atomic E-state index is -0.237.